The molecular weight excluding hydrogens is 186 g/mol. The van der Waals surface area contributed by atoms with Gasteiger partial charge in [0.15, 0.2) is 5.78 Å². The molecular formula is C13H15NO. The van der Waals surface area contributed by atoms with Crippen molar-refractivity contribution in [2.75, 3.05) is 0 Å². The second kappa shape index (κ2) is 3.23. The topological polar surface area (TPSA) is 32.9 Å². The quantitative estimate of drug-likeness (QED) is 0.705. The number of rotatable bonds is 1. The molecule has 0 saturated heterocycles. The number of carbonyl (C=O) groups is 1. The molecule has 0 aliphatic rings. The summed E-state index contributed by atoms with van der Waals surface area (Å²) in [6.07, 6.45) is 0. The summed E-state index contributed by atoms with van der Waals surface area (Å²) < 4.78 is 0. The summed E-state index contributed by atoms with van der Waals surface area (Å²) in [5, 5.41) is 1.07. The van der Waals surface area contributed by atoms with Crippen LogP contribution in [0.4, 0.5) is 0 Å². The van der Waals surface area contributed by atoms with E-state index in [1.54, 1.807) is 6.92 Å². The molecule has 1 aromatic heterocycles. The number of nitrogens with one attached hydrogen (secondary N) is 1. The zero-order chi connectivity index (χ0) is 11.2. The summed E-state index contributed by atoms with van der Waals surface area (Å²) in [5.74, 6) is 0.130. The summed E-state index contributed by atoms with van der Waals surface area (Å²) >= 11 is 0. The van der Waals surface area contributed by atoms with E-state index < -0.39 is 0 Å². The van der Waals surface area contributed by atoms with Crippen molar-refractivity contribution in [1.82, 2.24) is 4.98 Å². The van der Waals surface area contributed by atoms with Crippen molar-refractivity contribution < 1.29 is 4.79 Å². The molecule has 0 unspecified atom stereocenters. The van der Waals surface area contributed by atoms with Crippen LogP contribution in [-0.2, 0) is 0 Å². The van der Waals surface area contributed by atoms with Crippen LogP contribution in [0, 0.1) is 20.8 Å². The van der Waals surface area contributed by atoms with Gasteiger partial charge in [0.1, 0.15) is 0 Å². The molecule has 78 valence electrons. The van der Waals surface area contributed by atoms with E-state index in [1.165, 1.54) is 11.1 Å². The smallest absolute Gasteiger partial charge is 0.162 e. The van der Waals surface area contributed by atoms with Gasteiger partial charge in [-0.15, -0.1) is 0 Å². The van der Waals surface area contributed by atoms with Crippen LogP contribution in [-0.4, -0.2) is 10.8 Å². The van der Waals surface area contributed by atoms with Gasteiger partial charge in [-0.25, -0.2) is 0 Å². The lowest BCUT2D eigenvalue weighted by molar-refractivity contribution is 0.101. The van der Waals surface area contributed by atoms with Crippen LogP contribution < -0.4 is 0 Å². The van der Waals surface area contributed by atoms with Crippen LogP contribution in [0.2, 0.25) is 0 Å². The number of hydrogen-bond donors (Lipinski definition) is 1. The van der Waals surface area contributed by atoms with Gasteiger partial charge in [-0.1, -0.05) is 6.07 Å². The number of fused-ring (bicyclic) bond motifs is 1. The van der Waals surface area contributed by atoms with E-state index in [2.05, 4.69) is 31.0 Å². The maximum absolute atomic E-state index is 11.6. The highest BCUT2D eigenvalue weighted by atomic mass is 16.1. The van der Waals surface area contributed by atoms with Crippen LogP contribution in [0.5, 0.6) is 0 Å². The molecule has 15 heavy (non-hydrogen) atoms. The fourth-order valence-electron chi connectivity index (χ4n) is 2.29. The number of aromatic amines is 1. The van der Waals surface area contributed by atoms with E-state index in [1.807, 2.05) is 6.92 Å². The fraction of sp³-hybridized carbons (Fsp3) is 0.308. The van der Waals surface area contributed by atoms with Crippen LogP contribution in [0.25, 0.3) is 10.9 Å². The van der Waals surface area contributed by atoms with Gasteiger partial charge < -0.3 is 4.98 Å². The normalized spacial score (nSPS) is 10.9. The maximum atomic E-state index is 11.6. The first-order valence-electron chi connectivity index (χ1n) is 5.11. The number of carbonyl (C=O) groups excluding carboxylic acids is 1. The molecule has 2 aromatic rings. The van der Waals surface area contributed by atoms with Gasteiger partial charge in [-0.3, -0.25) is 4.79 Å². The molecule has 0 aliphatic carbocycles. The summed E-state index contributed by atoms with van der Waals surface area (Å²) in [4.78, 5) is 14.8. The van der Waals surface area contributed by atoms with Crippen molar-refractivity contribution in [1.29, 1.82) is 0 Å². The number of Topliss-reactive ketones (excluding diaryl/α,β-unsaturated/α-hetero) is 1. The van der Waals surface area contributed by atoms with E-state index in [4.69, 9.17) is 0 Å². The molecule has 0 aliphatic heterocycles. The first-order valence-corrected chi connectivity index (χ1v) is 5.11. The van der Waals surface area contributed by atoms with E-state index in [9.17, 15) is 4.79 Å². The van der Waals surface area contributed by atoms with Crippen LogP contribution in [0.3, 0.4) is 0 Å². The van der Waals surface area contributed by atoms with Crippen molar-refractivity contribution in [3.63, 3.8) is 0 Å². The Kier molecular flexibility index (Phi) is 2.14. The third-order valence-electron chi connectivity index (χ3n) is 2.78. The highest BCUT2D eigenvalue weighted by Crippen LogP contribution is 2.26. The molecule has 0 atom stereocenters. The highest BCUT2D eigenvalue weighted by Gasteiger charge is 2.14. The van der Waals surface area contributed by atoms with Crippen LogP contribution in [0.1, 0.15) is 34.1 Å². The molecule has 0 fully saturated rings. The van der Waals surface area contributed by atoms with E-state index in [0.29, 0.717) is 0 Å². The van der Waals surface area contributed by atoms with Crippen molar-refractivity contribution in [2.45, 2.75) is 27.7 Å². The number of hydrogen-bond acceptors (Lipinski definition) is 1. The van der Waals surface area contributed by atoms with Crippen molar-refractivity contribution in [2.24, 2.45) is 0 Å². The first-order chi connectivity index (χ1) is 7.00. The molecule has 1 aromatic carbocycles. The van der Waals surface area contributed by atoms with E-state index >= 15 is 0 Å². The van der Waals surface area contributed by atoms with Gasteiger partial charge >= 0.3 is 0 Å². The Labute approximate surface area is 89.3 Å². The van der Waals surface area contributed by atoms with Crippen molar-refractivity contribution >= 4 is 16.7 Å². The fourth-order valence-corrected chi connectivity index (χ4v) is 2.29. The minimum absolute atomic E-state index is 0.130. The lowest BCUT2D eigenvalue weighted by Gasteiger charge is -2.01. The number of benzene rings is 1. The van der Waals surface area contributed by atoms with Gasteiger partial charge in [0, 0.05) is 22.2 Å². The second-order valence-corrected chi connectivity index (χ2v) is 4.19. The average Bonchev–Trinajstić information content (AvgIpc) is 2.40. The number of ketones is 1. The number of aromatic nitrogens is 1. The Bertz CT molecular complexity index is 549. The molecule has 1 heterocycles. The Morgan fingerprint density at radius 3 is 2.47 bits per heavy atom. The van der Waals surface area contributed by atoms with Gasteiger partial charge in [0.05, 0.1) is 0 Å². The number of H-pyrrole nitrogens is 1. The Hall–Kier alpha value is -1.57. The minimum atomic E-state index is 0.130. The maximum Gasteiger partial charge on any atom is 0.162 e. The van der Waals surface area contributed by atoms with Gasteiger partial charge in [-0.2, -0.15) is 0 Å². The summed E-state index contributed by atoms with van der Waals surface area (Å²) in [7, 11) is 0. The molecule has 0 radical (unpaired) electrons. The number of aryl methyl sites for hydroxylation is 3. The molecule has 0 spiro atoms. The zero-order valence-corrected chi connectivity index (χ0v) is 9.56. The SMILES string of the molecule is CC(=O)c1c(C)[nH]c2cc(C)cc(C)c12. The zero-order valence-electron chi connectivity index (χ0n) is 9.56. The molecule has 0 amide bonds. The average molecular weight is 201 g/mol. The van der Waals surface area contributed by atoms with E-state index in [-0.39, 0.29) is 5.78 Å². The lowest BCUT2D eigenvalue weighted by Crippen LogP contribution is -1.94. The van der Waals surface area contributed by atoms with Gasteiger partial charge in [0.2, 0.25) is 0 Å². The minimum Gasteiger partial charge on any atom is -0.358 e. The Morgan fingerprint density at radius 1 is 1.20 bits per heavy atom. The van der Waals surface area contributed by atoms with Crippen molar-refractivity contribution in [3.8, 4) is 0 Å². The molecule has 1 N–H and O–H groups in total. The Balaban J connectivity index is 2.93. The predicted molar refractivity (Wildman–Crippen MR) is 62.5 cm³/mol. The molecule has 2 rings (SSSR count). The highest BCUT2D eigenvalue weighted by molar-refractivity contribution is 6.09. The van der Waals surface area contributed by atoms with Gasteiger partial charge in [-0.05, 0) is 44.9 Å². The monoisotopic (exact) mass is 201 g/mol. The second-order valence-electron chi connectivity index (χ2n) is 4.19. The predicted octanol–water partition coefficient (Wildman–Crippen LogP) is 3.30. The van der Waals surface area contributed by atoms with Crippen molar-refractivity contribution in [3.05, 3.63) is 34.5 Å². The van der Waals surface area contributed by atoms with E-state index in [0.717, 1.165) is 22.2 Å². The Morgan fingerprint density at radius 2 is 1.87 bits per heavy atom. The standard InChI is InChI=1S/C13H15NO/c1-7-5-8(2)12-11(6-7)14-9(3)13(12)10(4)15/h5-6,14H,1-4H3. The third kappa shape index (κ3) is 1.46. The molecule has 2 nitrogen and oxygen atoms in total. The first kappa shape index (κ1) is 9.97. The summed E-state index contributed by atoms with van der Waals surface area (Å²) in [5.41, 5.74) is 5.25. The summed E-state index contributed by atoms with van der Waals surface area (Å²) in [6.45, 7) is 7.69. The lowest BCUT2D eigenvalue weighted by atomic mass is 10.0. The van der Waals surface area contributed by atoms with Gasteiger partial charge in [0.25, 0.3) is 0 Å². The molecule has 2 heteroatoms. The third-order valence-corrected chi connectivity index (χ3v) is 2.78. The summed E-state index contributed by atoms with van der Waals surface area (Å²) in [6, 6.07) is 4.20. The largest absolute Gasteiger partial charge is 0.358 e. The van der Waals surface area contributed by atoms with Crippen LogP contribution >= 0.6 is 0 Å². The molecule has 0 bridgehead atoms. The molecule has 0 saturated carbocycles. The van der Waals surface area contributed by atoms with Crippen LogP contribution in [0.15, 0.2) is 12.1 Å².